The molecule has 19 heavy (non-hydrogen) atoms. The van der Waals surface area contributed by atoms with Crippen LogP contribution in [0.2, 0.25) is 0 Å². The fourth-order valence-corrected chi connectivity index (χ4v) is 2.23. The molecule has 1 aromatic rings. The predicted molar refractivity (Wildman–Crippen MR) is 78.1 cm³/mol. The van der Waals surface area contributed by atoms with Crippen molar-refractivity contribution in [2.24, 2.45) is 11.8 Å². The Morgan fingerprint density at radius 2 is 1.84 bits per heavy atom. The zero-order chi connectivity index (χ0) is 14.4. The molecule has 4 heteroatoms. The average Bonchev–Trinajstić information content (AvgIpc) is 2.37. The van der Waals surface area contributed by atoms with Gasteiger partial charge in [-0.05, 0) is 23.6 Å². The van der Waals surface area contributed by atoms with Gasteiger partial charge >= 0.3 is 5.97 Å². The number of carbonyl (C=O) groups is 2. The van der Waals surface area contributed by atoms with Gasteiger partial charge in [-0.25, -0.2) is 0 Å². The second-order valence-corrected chi connectivity index (χ2v) is 5.79. The molecule has 1 rings (SSSR count). The van der Waals surface area contributed by atoms with Crippen LogP contribution in [0, 0.1) is 11.8 Å². The number of hydrogen-bond donors (Lipinski definition) is 1. The van der Waals surface area contributed by atoms with E-state index in [1.807, 2.05) is 38.1 Å². The summed E-state index contributed by atoms with van der Waals surface area (Å²) < 4.78 is 0.965. The van der Waals surface area contributed by atoms with Gasteiger partial charge < -0.3 is 5.11 Å². The van der Waals surface area contributed by atoms with Gasteiger partial charge in [0.2, 0.25) is 0 Å². The fraction of sp³-hybridized carbons (Fsp3) is 0.467. The minimum absolute atomic E-state index is 0.0185. The van der Waals surface area contributed by atoms with Crippen LogP contribution in [0.4, 0.5) is 0 Å². The Labute approximate surface area is 122 Å². The number of hydrogen-bond acceptors (Lipinski definition) is 2. The zero-order valence-electron chi connectivity index (χ0n) is 11.2. The van der Waals surface area contributed by atoms with Crippen molar-refractivity contribution in [2.45, 2.75) is 33.1 Å². The zero-order valence-corrected chi connectivity index (χ0v) is 12.8. The van der Waals surface area contributed by atoms with Gasteiger partial charge in [0.1, 0.15) is 5.78 Å². The normalized spacial score (nSPS) is 13.8. The molecule has 0 unspecified atom stereocenters. The van der Waals surface area contributed by atoms with E-state index in [-0.39, 0.29) is 18.1 Å². The Balaban J connectivity index is 2.62. The van der Waals surface area contributed by atoms with Crippen molar-refractivity contribution in [3.63, 3.8) is 0 Å². The van der Waals surface area contributed by atoms with Crippen LogP contribution in [0.5, 0.6) is 0 Å². The van der Waals surface area contributed by atoms with E-state index in [1.165, 1.54) is 0 Å². The smallest absolute Gasteiger partial charge is 0.307 e. The molecule has 104 valence electrons. The first-order valence-electron chi connectivity index (χ1n) is 6.43. The van der Waals surface area contributed by atoms with Crippen molar-refractivity contribution in [1.29, 1.82) is 0 Å². The summed E-state index contributed by atoms with van der Waals surface area (Å²) in [5, 5.41) is 9.17. The highest BCUT2D eigenvalue weighted by atomic mass is 79.9. The molecule has 1 aromatic carbocycles. The first kappa shape index (κ1) is 15.9. The predicted octanol–water partition coefficient (Wildman–Crippen LogP) is 3.70. The van der Waals surface area contributed by atoms with E-state index in [4.69, 9.17) is 5.11 Å². The molecule has 2 atom stereocenters. The fourth-order valence-electron chi connectivity index (χ4n) is 1.96. The Morgan fingerprint density at radius 1 is 1.26 bits per heavy atom. The van der Waals surface area contributed by atoms with E-state index in [2.05, 4.69) is 15.9 Å². The van der Waals surface area contributed by atoms with Gasteiger partial charge in [-0.2, -0.15) is 0 Å². The summed E-state index contributed by atoms with van der Waals surface area (Å²) >= 11 is 3.34. The SMILES string of the molecule is CC[C@H](C)[C@@H](CC(=O)Cc1ccc(Br)cc1)C(=O)O. The van der Waals surface area contributed by atoms with Gasteiger partial charge in [-0.1, -0.05) is 48.3 Å². The molecule has 0 radical (unpaired) electrons. The van der Waals surface area contributed by atoms with Crippen molar-refractivity contribution in [1.82, 2.24) is 0 Å². The topological polar surface area (TPSA) is 54.4 Å². The van der Waals surface area contributed by atoms with Crippen LogP contribution in [0.3, 0.4) is 0 Å². The number of rotatable bonds is 7. The van der Waals surface area contributed by atoms with E-state index in [9.17, 15) is 9.59 Å². The van der Waals surface area contributed by atoms with E-state index in [0.717, 1.165) is 16.5 Å². The third-order valence-electron chi connectivity index (χ3n) is 3.41. The van der Waals surface area contributed by atoms with Crippen molar-refractivity contribution in [2.75, 3.05) is 0 Å². The van der Waals surface area contributed by atoms with Crippen molar-refractivity contribution in [3.05, 3.63) is 34.3 Å². The lowest BCUT2D eigenvalue weighted by Gasteiger charge is -2.17. The molecule has 0 aromatic heterocycles. The van der Waals surface area contributed by atoms with Crippen molar-refractivity contribution < 1.29 is 14.7 Å². The first-order chi connectivity index (χ1) is 8.93. The highest BCUT2D eigenvalue weighted by Gasteiger charge is 2.26. The number of Topliss-reactive ketones (excluding diaryl/α,β-unsaturated/α-hetero) is 1. The molecule has 0 aliphatic carbocycles. The largest absolute Gasteiger partial charge is 0.481 e. The second-order valence-electron chi connectivity index (χ2n) is 4.88. The van der Waals surface area contributed by atoms with Crippen LogP contribution < -0.4 is 0 Å². The van der Waals surface area contributed by atoms with Crippen LogP contribution in [-0.2, 0) is 16.0 Å². The van der Waals surface area contributed by atoms with Gasteiger partial charge in [0.25, 0.3) is 0 Å². The average molecular weight is 327 g/mol. The lowest BCUT2D eigenvalue weighted by Crippen LogP contribution is -2.25. The van der Waals surface area contributed by atoms with Crippen LogP contribution in [0.1, 0.15) is 32.3 Å². The highest BCUT2D eigenvalue weighted by molar-refractivity contribution is 9.10. The summed E-state index contributed by atoms with van der Waals surface area (Å²) in [6.45, 7) is 3.82. The number of carboxylic acid groups (broad SMARTS) is 1. The summed E-state index contributed by atoms with van der Waals surface area (Å²) in [5.74, 6) is -1.45. The van der Waals surface area contributed by atoms with E-state index >= 15 is 0 Å². The molecule has 3 nitrogen and oxygen atoms in total. The molecule has 0 saturated heterocycles. The molecule has 0 amide bonds. The summed E-state index contributed by atoms with van der Waals surface area (Å²) in [7, 11) is 0. The molecule has 0 spiro atoms. The second kappa shape index (κ2) is 7.43. The lowest BCUT2D eigenvalue weighted by molar-refractivity contribution is -0.145. The summed E-state index contributed by atoms with van der Waals surface area (Å²) in [6.07, 6.45) is 1.18. The molecule has 1 N–H and O–H groups in total. The van der Waals surface area contributed by atoms with Gasteiger partial charge in [0.05, 0.1) is 5.92 Å². The summed E-state index contributed by atoms with van der Waals surface area (Å²) in [4.78, 5) is 23.1. The Bertz CT molecular complexity index is 439. The molecular formula is C15H19BrO3. The third-order valence-corrected chi connectivity index (χ3v) is 3.94. The van der Waals surface area contributed by atoms with Crippen molar-refractivity contribution >= 4 is 27.7 Å². The molecule has 0 fully saturated rings. The van der Waals surface area contributed by atoms with E-state index < -0.39 is 11.9 Å². The highest BCUT2D eigenvalue weighted by Crippen LogP contribution is 2.21. The first-order valence-corrected chi connectivity index (χ1v) is 7.22. The Kier molecular flexibility index (Phi) is 6.22. The quantitative estimate of drug-likeness (QED) is 0.831. The van der Waals surface area contributed by atoms with Crippen LogP contribution in [-0.4, -0.2) is 16.9 Å². The minimum Gasteiger partial charge on any atom is -0.481 e. The maximum Gasteiger partial charge on any atom is 0.307 e. The number of halogens is 1. The third kappa shape index (κ3) is 5.15. The van der Waals surface area contributed by atoms with E-state index in [0.29, 0.717) is 6.42 Å². The van der Waals surface area contributed by atoms with Crippen molar-refractivity contribution in [3.8, 4) is 0 Å². The lowest BCUT2D eigenvalue weighted by atomic mass is 9.86. The molecule has 0 bridgehead atoms. The van der Waals surface area contributed by atoms with Crippen LogP contribution in [0.15, 0.2) is 28.7 Å². The standard InChI is InChI=1S/C15H19BrO3/c1-3-10(2)14(15(18)19)9-13(17)8-11-4-6-12(16)7-5-11/h4-7,10,14H,3,8-9H2,1-2H3,(H,18,19)/t10-,14+/m0/s1. The van der Waals surface area contributed by atoms with Crippen LogP contribution in [0.25, 0.3) is 0 Å². The molecule has 0 aliphatic rings. The maximum absolute atomic E-state index is 12.0. The molecule has 0 saturated carbocycles. The summed E-state index contributed by atoms with van der Waals surface area (Å²) in [5.41, 5.74) is 0.918. The van der Waals surface area contributed by atoms with E-state index in [1.54, 1.807) is 0 Å². The summed E-state index contributed by atoms with van der Waals surface area (Å²) in [6, 6.07) is 7.51. The molecule has 0 heterocycles. The number of carboxylic acids is 1. The molecular weight excluding hydrogens is 308 g/mol. The van der Waals surface area contributed by atoms with Gasteiger partial charge in [-0.3, -0.25) is 9.59 Å². The Hall–Kier alpha value is -1.16. The van der Waals surface area contributed by atoms with Gasteiger partial charge in [0.15, 0.2) is 0 Å². The monoisotopic (exact) mass is 326 g/mol. The van der Waals surface area contributed by atoms with Crippen LogP contribution >= 0.6 is 15.9 Å². The number of aliphatic carboxylic acids is 1. The minimum atomic E-state index is -0.876. The number of carbonyl (C=O) groups excluding carboxylic acids is 1. The van der Waals surface area contributed by atoms with Gasteiger partial charge in [0, 0.05) is 17.3 Å². The molecule has 0 aliphatic heterocycles. The Morgan fingerprint density at radius 3 is 2.32 bits per heavy atom. The van der Waals surface area contributed by atoms with Gasteiger partial charge in [-0.15, -0.1) is 0 Å². The maximum atomic E-state index is 12.0. The number of benzene rings is 1. The number of ketones is 1.